The highest BCUT2D eigenvalue weighted by Gasteiger charge is 2.42. The van der Waals surface area contributed by atoms with Crippen molar-refractivity contribution in [2.24, 2.45) is 17.8 Å². The average Bonchev–Trinajstić information content (AvgIpc) is 2.70. The number of Topliss-reactive ketones (excluding diaryl/α,β-unsaturated/α-hetero) is 1. The number of ether oxygens (including phenoxy) is 1. The lowest BCUT2D eigenvalue weighted by atomic mass is 9.91. The molecule has 0 aromatic heterocycles. The zero-order chi connectivity index (χ0) is 9.54. The van der Waals surface area contributed by atoms with E-state index in [2.05, 4.69) is 0 Å². The van der Waals surface area contributed by atoms with Crippen molar-refractivity contribution in [3.63, 3.8) is 0 Å². The Morgan fingerprint density at radius 2 is 1.93 bits per heavy atom. The summed E-state index contributed by atoms with van der Waals surface area (Å²) >= 11 is 0. The van der Waals surface area contributed by atoms with Crippen molar-refractivity contribution in [2.75, 3.05) is 6.61 Å². The van der Waals surface area contributed by atoms with E-state index in [1.54, 1.807) is 0 Å². The highest BCUT2D eigenvalue weighted by atomic mass is 16.5. The van der Waals surface area contributed by atoms with Crippen molar-refractivity contribution in [3.8, 4) is 0 Å². The second-order valence-electron chi connectivity index (χ2n) is 5.19. The van der Waals surface area contributed by atoms with Crippen molar-refractivity contribution in [3.05, 3.63) is 0 Å². The molecule has 3 rings (SSSR count). The van der Waals surface area contributed by atoms with E-state index < -0.39 is 0 Å². The smallest absolute Gasteiger partial charge is 0.164 e. The molecular formula is C12H18O2. The number of fused-ring (bicyclic) bond motifs is 2. The van der Waals surface area contributed by atoms with Crippen LogP contribution in [0.5, 0.6) is 0 Å². The molecule has 0 spiro atoms. The maximum atomic E-state index is 11.6. The molecule has 2 saturated carbocycles. The average molecular weight is 194 g/mol. The predicted octanol–water partition coefficient (Wildman–Crippen LogP) is 2.17. The Bertz CT molecular complexity index is 249. The van der Waals surface area contributed by atoms with Gasteiger partial charge in [0, 0.05) is 5.92 Å². The predicted molar refractivity (Wildman–Crippen MR) is 52.9 cm³/mol. The number of carbonyl (C=O) groups excluding carboxylic acids is 1. The van der Waals surface area contributed by atoms with Crippen LogP contribution in [-0.4, -0.2) is 18.5 Å². The fraction of sp³-hybridized carbons (Fsp3) is 0.917. The van der Waals surface area contributed by atoms with Crippen LogP contribution in [0.25, 0.3) is 0 Å². The van der Waals surface area contributed by atoms with E-state index in [-0.39, 0.29) is 12.0 Å². The van der Waals surface area contributed by atoms with Gasteiger partial charge >= 0.3 is 0 Å². The van der Waals surface area contributed by atoms with E-state index in [1.165, 1.54) is 32.1 Å². The van der Waals surface area contributed by atoms with Gasteiger partial charge in [-0.25, -0.2) is 0 Å². The summed E-state index contributed by atoms with van der Waals surface area (Å²) in [6.45, 7) is 0.396. The van der Waals surface area contributed by atoms with Crippen LogP contribution in [0.1, 0.15) is 38.5 Å². The summed E-state index contributed by atoms with van der Waals surface area (Å²) in [5.74, 6) is 2.42. The molecule has 1 aliphatic heterocycles. The highest BCUT2D eigenvalue weighted by Crippen LogP contribution is 2.44. The van der Waals surface area contributed by atoms with E-state index in [4.69, 9.17) is 4.74 Å². The molecule has 78 valence electrons. The number of hydrogen-bond donors (Lipinski definition) is 0. The van der Waals surface area contributed by atoms with Crippen molar-refractivity contribution in [1.29, 1.82) is 0 Å². The van der Waals surface area contributed by atoms with E-state index in [9.17, 15) is 4.79 Å². The zero-order valence-corrected chi connectivity index (χ0v) is 8.58. The van der Waals surface area contributed by atoms with Gasteiger partial charge in [0.2, 0.25) is 0 Å². The van der Waals surface area contributed by atoms with Gasteiger partial charge in [-0.15, -0.1) is 0 Å². The molecule has 2 aliphatic carbocycles. The van der Waals surface area contributed by atoms with Gasteiger partial charge in [-0.3, -0.25) is 4.79 Å². The van der Waals surface area contributed by atoms with Crippen LogP contribution in [0.3, 0.4) is 0 Å². The maximum absolute atomic E-state index is 11.6. The summed E-state index contributed by atoms with van der Waals surface area (Å²) in [7, 11) is 0. The highest BCUT2D eigenvalue weighted by molar-refractivity contribution is 5.84. The first-order valence-corrected chi connectivity index (χ1v) is 5.99. The Balaban J connectivity index is 1.77. The molecule has 4 unspecified atom stereocenters. The van der Waals surface area contributed by atoms with Gasteiger partial charge < -0.3 is 4.74 Å². The van der Waals surface area contributed by atoms with E-state index in [0.717, 1.165) is 18.3 Å². The molecular weight excluding hydrogens is 176 g/mol. The minimum atomic E-state index is 0.264. The van der Waals surface area contributed by atoms with Crippen LogP contribution >= 0.6 is 0 Å². The summed E-state index contributed by atoms with van der Waals surface area (Å²) in [6.07, 6.45) is 8.02. The minimum absolute atomic E-state index is 0.264. The summed E-state index contributed by atoms with van der Waals surface area (Å²) < 4.78 is 5.61. The van der Waals surface area contributed by atoms with Gasteiger partial charge in [0.25, 0.3) is 0 Å². The third-order valence-corrected chi connectivity index (χ3v) is 4.50. The summed E-state index contributed by atoms with van der Waals surface area (Å²) in [6, 6.07) is 0. The number of carbonyl (C=O) groups is 1. The maximum Gasteiger partial charge on any atom is 0.164 e. The quantitative estimate of drug-likeness (QED) is 0.590. The summed E-state index contributed by atoms with van der Waals surface area (Å²) in [5, 5.41) is 0. The second kappa shape index (κ2) is 3.34. The molecule has 0 amide bonds. The second-order valence-corrected chi connectivity index (χ2v) is 5.19. The Labute approximate surface area is 85.0 Å². The van der Waals surface area contributed by atoms with Crippen LogP contribution in [0.4, 0.5) is 0 Å². The van der Waals surface area contributed by atoms with E-state index in [1.807, 2.05) is 0 Å². The van der Waals surface area contributed by atoms with Gasteiger partial charge in [0.1, 0.15) is 6.61 Å². The Morgan fingerprint density at radius 3 is 2.86 bits per heavy atom. The van der Waals surface area contributed by atoms with Crippen LogP contribution in [0, 0.1) is 17.8 Å². The SMILES string of the molecule is O=C1COC2CC3CCCC3CCC12. The number of rotatable bonds is 0. The lowest BCUT2D eigenvalue weighted by Gasteiger charge is -2.18. The van der Waals surface area contributed by atoms with Crippen molar-refractivity contribution >= 4 is 5.78 Å². The Morgan fingerprint density at radius 1 is 1.07 bits per heavy atom. The molecule has 0 radical (unpaired) electrons. The Kier molecular flexibility index (Phi) is 2.12. The molecule has 3 aliphatic rings. The molecule has 1 heterocycles. The molecule has 4 atom stereocenters. The van der Waals surface area contributed by atoms with Gasteiger partial charge in [-0.2, -0.15) is 0 Å². The molecule has 0 aromatic rings. The van der Waals surface area contributed by atoms with Gasteiger partial charge in [-0.1, -0.05) is 19.3 Å². The molecule has 2 nitrogen and oxygen atoms in total. The summed E-state index contributed by atoms with van der Waals surface area (Å²) in [4.78, 5) is 11.6. The molecule has 1 saturated heterocycles. The lowest BCUT2D eigenvalue weighted by Crippen LogP contribution is -2.20. The zero-order valence-electron chi connectivity index (χ0n) is 8.58. The summed E-state index contributed by atoms with van der Waals surface area (Å²) in [5.41, 5.74) is 0. The fourth-order valence-corrected chi connectivity index (χ4v) is 3.69. The van der Waals surface area contributed by atoms with Crippen molar-refractivity contribution < 1.29 is 9.53 Å². The van der Waals surface area contributed by atoms with E-state index >= 15 is 0 Å². The molecule has 0 aromatic carbocycles. The monoisotopic (exact) mass is 194 g/mol. The first kappa shape index (κ1) is 8.90. The van der Waals surface area contributed by atoms with E-state index in [0.29, 0.717) is 12.4 Å². The topological polar surface area (TPSA) is 26.3 Å². The van der Waals surface area contributed by atoms with Crippen molar-refractivity contribution in [2.45, 2.75) is 44.6 Å². The molecule has 0 bridgehead atoms. The largest absolute Gasteiger partial charge is 0.370 e. The van der Waals surface area contributed by atoms with Crippen LogP contribution < -0.4 is 0 Å². The van der Waals surface area contributed by atoms with Gasteiger partial charge in [0.15, 0.2) is 5.78 Å². The van der Waals surface area contributed by atoms with Crippen LogP contribution in [0.15, 0.2) is 0 Å². The molecule has 14 heavy (non-hydrogen) atoms. The third-order valence-electron chi connectivity index (χ3n) is 4.50. The minimum Gasteiger partial charge on any atom is -0.370 e. The van der Waals surface area contributed by atoms with Crippen LogP contribution in [0.2, 0.25) is 0 Å². The normalized spacial score (nSPS) is 47.3. The number of ketones is 1. The van der Waals surface area contributed by atoms with Gasteiger partial charge in [-0.05, 0) is 31.1 Å². The Hall–Kier alpha value is -0.370. The van der Waals surface area contributed by atoms with Crippen molar-refractivity contribution in [1.82, 2.24) is 0 Å². The molecule has 3 fully saturated rings. The van der Waals surface area contributed by atoms with Gasteiger partial charge in [0.05, 0.1) is 6.10 Å². The third kappa shape index (κ3) is 1.31. The standard InChI is InChI=1S/C12H18O2/c13-11-7-14-12-6-9-3-1-2-8(9)4-5-10(11)12/h8-10,12H,1-7H2. The number of hydrogen-bond acceptors (Lipinski definition) is 2. The lowest BCUT2D eigenvalue weighted by molar-refractivity contribution is -0.120. The fourth-order valence-electron chi connectivity index (χ4n) is 3.69. The first-order valence-electron chi connectivity index (χ1n) is 5.99. The molecule has 2 heteroatoms. The van der Waals surface area contributed by atoms with Crippen LogP contribution in [-0.2, 0) is 9.53 Å². The first-order chi connectivity index (χ1) is 6.84. The molecule has 0 N–H and O–H groups in total.